The molecule has 0 fully saturated rings. The Morgan fingerprint density at radius 1 is 1.06 bits per heavy atom. The number of methoxy groups -OCH3 is 2. The minimum absolute atomic E-state index is 0.287. The van der Waals surface area contributed by atoms with Gasteiger partial charge in [-0.2, -0.15) is 0 Å². The van der Waals surface area contributed by atoms with Crippen LogP contribution in [0.25, 0.3) is 11.3 Å². The Labute approximate surface area is 203 Å². The Morgan fingerprint density at radius 3 is 2.29 bits per heavy atom. The third-order valence-corrected chi connectivity index (χ3v) is 6.33. The standard InChI is InChI=1S/C26H31N5O4/c1-14-9-15(2)24(16(3)10-14)29-23-13-20-19-12-22(35-6)21(34-5)11-18(19)7-8-30(20)26(33)31(23)17(4)28-25(27)32/h9-13,17H,7-8H2,1-6H3,(H3,27,28,32). The molecule has 35 heavy (non-hydrogen) atoms. The summed E-state index contributed by atoms with van der Waals surface area (Å²) in [4.78, 5) is 30.3. The zero-order chi connectivity index (χ0) is 25.4. The number of fused-ring (bicyclic) bond motifs is 3. The summed E-state index contributed by atoms with van der Waals surface area (Å²) >= 11 is 0. The first-order valence-electron chi connectivity index (χ1n) is 11.4. The summed E-state index contributed by atoms with van der Waals surface area (Å²) in [6.07, 6.45) is -0.0539. The number of urea groups is 1. The largest absolute Gasteiger partial charge is 0.493 e. The average Bonchev–Trinajstić information content (AvgIpc) is 2.79. The summed E-state index contributed by atoms with van der Waals surface area (Å²) in [6, 6.07) is 9.11. The van der Waals surface area contributed by atoms with Crippen molar-refractivity contribution in [2.24, 2.45) is 10.7 Å². The fourth-order valence-electron chi connectivity index (χ4n) is 4.82. The van der Waals surface area contributed by atoms with Crippen molar-refractivity contribution in [1.82, 2.24) is 14.5 Å². The maximum atomic E-state index is 13.8. The van der Waals surface area contributed by atoms with E-state index in [1.54, 1.807) is 25.7 Å². The number of ether oxygens (including phenoxy) is 2. The van der Waals surface area contributed by atoms with Crippen LogP contribution in [-0.2, 0) is 13.0 Å². The molecule has 1 aliphatic rings. The highest BCUT2D eigenvalue weighted by Crippen LogP contribution is 2.37. The average molecular weight is 478 g/mol. The number of nitrogens with zero attached hydrogens (tertiary/aromatic N) is 3. The molecule has 1 unspecified atom stereocenters. The summed E-state index contributed by atoms with van der Waals surface area (Å²) in [5, 5.41) is 2.62. The topological polar surface area (TPSA) is 113 Å². The molecule has 0 saturated heterocycles. The number of amides is 2. The number of carbonyl (C=O) groups excluding carboxylic acids is 1. The number of aryl methyl sites for hydroxylation is 4. The number of primary amides is 1. The van der Waals surface area contributed by atoms with Gasteiger partial charge in [0.1, 0.15) is 11.7 Å². The third-order valence-electron chi connectivity index (χ3n) is 6.33. The lowest BCUT2D eigenvalue weighted by Crippen LogP contribution is -2.48. The number of carbonyl (C=O) groups is 1. The number of rotatable bonds is 5. The van der Waals surface area contributed by atoms with Crippen LogP contribution in [0.2, 0.25) is 0 Å². The molecule has 1 aliphatic heterocycles. The second-order valence-corrected chi connectivity index (χ2v) is 8.85. The van der Waals surface area contributed by atoms with Gasteiger partial charge in [-0.15, -0.1) is 0 Å². The molecule has 9 nitrogen and oxygen atoms in total. The molecule has 3 aromatic rings. The van der Waals surface area contributed by atoms with Crippen molar-refractivity contribution < 1.29 is 14.3 Å². The van der Waals surface area contributed by atoms with E-state index >= 15 is 0 Å². The van der Waals surface area contributed by atoms with Gasteiger partial charge >= 0.3 is 11.7 Å². The van der Waals surface area contributed by atoms with Crippen molar-refractivity contribution in [3.8, 4) is 22.8 Å². The van der Waals surface area contributed by atoms with E-state index in [-0.39, 0.29) is 5.69 Å². The Balaban J connectivity index is 2.06. The number of nitrogens with two attached hydrogens (primary N) is 1. The van der Waals surface area contributed by atoms with Crippen molar-refractivity contribution in [2.75, 3.05) is 14.2 Å². The van der Waals surface area contributed by atoms with Crippen LogP contribution in [0.3, 0.4) is 0 Å². The van der Waals surface area contributed by atoms with Crippen molar-refractivity contribution >= 4 is 11.7 Å². The van der Waals surface area contributed by atoms with Crippen LogP contribution in [0.4, 0.5) is 10.5 Å². The van der Waals surface area contributed by atoms with Gasteiger partial charge in [0.2, 0.25) is 0 Å². The summed E-state index contributed by atoms with van der Waals surface area (Å²) < 4.78 is 14.2. The molecular formula is C26H31N5O4. The SMILES string of the molecule is COc1cc2c(cc1OC)-c1cc(=Nc3c(C)cc(C)cc3C)n(C(C)NC(N)=O)c(=O)n1CC2. The number of hydrogen-bond acceptors (Lipinski definition) is 5. The van der Waals surface area contributed by atoms with Crippen molar-refractivity contribution in [2.45, 2.75) is 46.8 Å². The van der Waals surface area contributed by atoms with E-state index in [9.17, 15) is 9.59 Å². The highest BCUT2D eigenvalue weighted by atomic mass is 16.5. The molecule has 2 aromatic carbocycles. The third kappa shape index (κ3) is 4.41. The first-order valence-corrected chi connectivity index (χ1v) is 11.4. The molecular weight excluding hydrogens is 446 g/mol. The van der Waals surface area contributed by atoms with Gasteiger partial charge < -0.3 is 20.5 Å². The van der Waals surface area contributed by atoms with Crippen LogP contribution in [0, 0.1) is 20.8 Å². The van der Waals surface area contributed by atoms with Crippen LogP contribution in [0.5, 0.6) is 11.5 Å². The fraction of sp³-hybridized carbons (Fsp3) is 0.346. The molecule has 3 N–H and O–H groups in total. The van der Waals surface area contributed by atoms with E-state index in [1.807, 2.05) is 39.0 Å². The lowest BCUT2D eigenvalue weighted by Gasteiger charge is -2.26. The van der Waals surface area contributed by atoms with Crippen LogP contribution < -0.4 is 31.7 Å². The second kappa shape index (κ2) is 9.32. The quantitative estimate of drug-likeness (QED) is 0.587. The Hall–Kier alpha value is -4.01. The molecule has 184 valence electrons. The molecule has 1 atom stereocenters. The van der Waals surface area contributed by atoms with E-state index < -0.39 is 12.2 Å². The normalized spacial score (nSPS) is 13.6. The van der Waals surface area contributed by atoms with Crippen molar-refractivity contribution in [3.05, 3.63) is 68.6 Å². The predicted molar refractivity (Wildman–Crippen MR) is 134 cm³/mol. The number of aromatic nitrogens is 2. The first kappa shape index (κ1) is 24.1. The number of hydrogen-bond donors (Lipinski definition) is 2. The van der Waals surface area contributed by atoms with Crippen molar-refractivity contribution in [1.29, 1.82) is 0 Å². The highest BCUT2D eigenvalue weighted by molar-refractivity contribution is 5.72. The lowest BCUT2D eigenvalue weighted by atomic mass is 9.97. The molecule has 0 aliphatic carbocycles. The zero-order valence-electron chi connectivity index (χ0n) is 20.9. The predicted octanol–water partition coefficient (Wildman–Crippen LogP) is 3.23. The van der Waals surface area contributed by atoms with Crippen LogP contribution >= 0.6 is 0 Å². The molecule has 1 aromatic heterocycles. The van der Waals surface area contributed by atoms with E-state index in [0.29, 0.717) is 30.0 Å². The van der Waals surface area contributed by atoms with Gasteiger partial charge in [0.05, 0.1) is 25.6 Å². The maximum absolute atomic E-state index is 13.8. The molecule has 4 rings (SSSR count). The van der Waals surface area contributed by atoms with Gasteiger partial charge in [-0.05, 0) is 62.9 Å². The zero-order valence-corrected chi connectivity index (χ0v) is 20.9. The summed E-state index contributed by atoms with van der Waals surface area (Å²) in [6.45, 7) is 8.20. The number of nitrogens with one attached hydrogen (secondary N) is 1. The van der Waals surface area contributed by atoms with E-state index in [4.69, 9.17) is 20.2 Å². The Kier molecular flexibility index (Phi) is 6.43. The smallest absolute Gasteiger partial charge is 0.331 e. The molecule has 0 radical (unpaired) electrons. The van der Waals surface area contributed by atoms with Gasteiger partial charge in [0.15, 0.2) is 11.5 Å². The Bertz CT molecular complexity index is 1430. The Morgan fingerprint density at radius 2 is 1.69 bits per heavy atom. The molecule has 9 heteroatoms. The van der Waals surface area contributed by atoms with E-state index in [1.165, 1.54) is 4.57 Å². The van der Waals surface area contributed by atoms with Crippen LogP contribution in [0.1, 0.15) is 35.3 Å². The van der Waals surface area contributed by atoms with Gasteiger partial charge in [0, 0.05) is 18.2 Å². The minimum Gasteiger partial charge on any atom is -0.493 e. The molecule has 0 spiro atoms. The van der Waals surface area contributed by atoms with Gasteiger partial charge in [-0.1, -0.05) is 17.7 Å². The highest BCUT2D eigenvalue weighted by Gasteiger charge is 2.24. The van der Waals surface area contributed by atoms with E-state index in [2.05, 4.69) is 17.4 Å². The molecule has 0 saturated carbocycles. The molecule has 0 bridgehead atoms. The summed E-state index contributed by atoms with van der Waals surface area (Å²) in [5.74, 6) is 1.22. The van der Waals surface area contributed by atoms with Gasteiger partial charge in [-0.3, -0.25) is 9.13 Å². The van der Waals surface area contributed by atoms with E-state index in [0.717, 1.165) is 39.2 Å². The minimum atomic E-state index is -0.719. The van der Waals surface area contributed by atoms with Crippen LogP contribution in [0.15, 0.2) is 40.1 Å². The van der Waals surface area contributed by atoms with Gasteiger partial charge in [0.25, 0.3) is 0 Å². The maximum Gasteiger partial charge on any atom is 0.331 e. The van der Waals surface area contributed by atoms with Crippen molar-refractivity contribution in [3.63, 3.8) is 0 Å². The van der Waals surface area contributed by atoms with Gasteiger partial charge in [-0.25, -0.2) is 14.6 Å². The summed E-state index contributed by atoms with van der Waals surface area (Å²) in [7, 11) is 3.19. The monoisotopic (exact) mass is 477 g/mol. The number of benzene rings is 2. The second-order valence-electron chi connectivity index (χ2n) is 8.85. The fourth-order valence-corrected chi connectivity index (χ4v) is 4.82. The molecule has 2 heterocycles. The van der Waals surface area contributed by atoms with Crippen LogP contribution in [-0.4, -0.2) is 29.4 Å². The molecule has 2 amide bonds. The summed E-state index contributed by atoms with van der Waals surface area (Å²) in [5.41, 5.74) is 12.1. The lowest BCUT2D eigenvalue weighted by molar-refractivity contribution is 0.240. The first-order chi connectivity index (χ1) is 16.6.